The summed E-state index contributed by atoms with van der Waals surface area (Å²) in [6, 6.07) is 0. The third-order valence-corrected chi connectivity index (χ3v) is 9.76. The van der Waals surface area contributed by atoms with E-state index in [9.17, 15) is 19.5 Å². The number of carbonyl (C=O) groups excluding carboxylic acids is 3. The summed E-state index contributed by atoms with van der Waals surface area (Å²) in [6.07, 6.45) is 35.2. The van der Waals surface area contributed by atoms with Gasteiger partial charge in [0.05, 0.1) is 40.3 Å². The van der Waals surface area contributed by atoms with Crippen molar-refractivity contribution in [3.05, 3.63) is 12.2 Å². The van der Waals surface area contributed by atoms with Gasteiger partial charge in [0.1, 0.15) is 13.2 Å². The number of quaternary nitrogens is 1. The first-order valence-corrected chi connectivity index (χ1v) is 22.3. The van der Waals surface area contributed by atoms with Gasteiger partial charge >= 0.3 is 11.9 Å². The van der Waals surface area contributed by atoms with E-state index in [2.05, 4.69) is 26.0 Å². The molecule has 0 aliphatic carbocycles. The predicted molar refractivity (Wildman–Crippen MR) is 219 cm³/mol. The van der Waals surface area contributed by atoms with Crippen molar-refractivity contribution in [2.24, 2.45) is 0 Å². The highest BCUT2D eigenvalue weighted by Gasteiger charge is 2.21. The lowest BCUT2D eigenvalue weighted by molar-refractivity contribution is -0.870. The van der Waals surface area contributed by atoms with Crippen LogP contribution in [0.2, 0.25) is 0 Å². The zero-order chi connectivity index (χ0) is 40.0. The Morgan fingerprint density at radius 2 is 0.944 bits per heavy atom. The van der Waals surface area contributed by atoms with E-state index in [1.807, 2.05) is 21.1 Å². The molecule has 0 saturated heterocycles. The molecule has 0 fully saturated rings. The lowest BCUT2D eigenvalue weighted by Crippen LogP contribution is -2.44. The molecule has 0 spiro atoms. The quantitative estimate of drug-likeness (QED) is 0.0199. The maximum Gasteiger partial charge on any atom is 0.306 e. The number of ether oxygens (including phenoxy) is 4. The van der Waals surface area contributed by atoms with Crippen LogP contribution in [-0.2, 0) is 33.3 Å². The van der Waals surface area contributed by atoms with Crippen molar-refractivity contribution in [3.8, 4) is 0 Å². The van der Waals surface area contributed by atoms with Crippen LogP contribution in [0, 0.1) is 0 Å². The number of nitrogens with zero attached hydrogens (tertiary/aromatic N) is 1. The lowest BCUT2D eigenvalue weighted by atomic mass is 10.0. The lowest BCUT2D eigenvalue weighted by Gasteiger charge is -2.26. The topological polar surface area (TPSA) is 111 Å². The number of aliphatic carboxylic acids is 1. The molecule has 0 aromatic carbocycles. The average molecular weight is 768 g/mol. The fraction of sp³-hybridized carbons (Fsp3) is 0.889. The van der Waals surface area contributed by atoms with Crippen LogP contribution < -0.4 is 5.11 Å². The number of likely N-dealkylation sites (N-methyl/N-ethyl adjacent to an activating group) is 1. The molecule has 0 aliphatic rings. The summed E-state index contributed by atoms with van der Waals surface area (Å²) in [4.78, 5) is 36.9. The maximum absolute atomic E-state index is 12.7. The van der Waals surface area contributed by atoms with E-state index in [1.165, 1.54) is 116 Å². The van der Waals surface area contributed by atoms with Gasteiger partial charge in [-0.1, -0.05) is 161 Å². The van der Waals surface area contributed by atoms with E-state index in [-0.39, 0.29) is 32.2 Å². The first-order chi connectivity index (χ1) is 26.1. The van der Waals surface area contributed by atoms with Gasteiger partial charge in [-0.25, -0.2) is 0 Å². The van der Waals surface area contributed by atoms with E-state index < -0.39 is 24.3 Å². The minimum Gasteiger partial charge on any atom is -0.545 e. The molecule has 2 atom stereocenters. The van der Waals surface area contributed by atoms with Gasteiger partial charge < -0.3 is 33.3 Å². The molecule has 0 aromatic heterocycles. The Kier molecular flexibility index (Phi) is 36.5. The standard InChI is InChI=1S/C45H85NO8/c1-6-8-10-12-14-16-18-20-22-24-26-28-30-32-34-36-43(48)54-41(40-53-45(44(49)50)51-38-37-46(3,4)5)39-52-42(47)35-33-31-29-27-25-23-21-19-17-15-13-11-9-7-2/h20,22,41,45H,6-19,21,23-40H2,1-5H3/b22-20-. The van der Waals surface area contributed by atoms with Gasteiger partial charge in [-0.3, -0.25) is 9.59 Å². The van der Waals surface area contributed by atoms with Crippen molar-refractivity contribution in [3.63, 3.8) is 0 Å². The Hall–Kier alpha value is -1.97. The van der Waals surface area contributed by atoms with Gasteiger partial charge in [0.2, 0.25) is 0 Å². The number of unbranched alkanes of at least 4 members (excludes halogenated alkanes) is 24. The molecule has 318 valence electrons. The molecule has 0 heterocycles. The molecular formula is C45H85NO8. The fourth-order valence-corrected chi connectivity index (χ4v) is 6.24. The highest BCUT2D eigenvalue weighted by molar-refractivity contribution is 5.70. The Balaban J connectivity index is 4.44. The van der Waals surface area contributed by atoms with Crippen molar-refractivity contribution in [2.75, 3.05) is 47.5 Å². The number of carboxylic acids is 1. The first kappa shape index (κ1) is 52.0. The van der Waals surface area contributed by atoms with Crippen LogP contribution in [0.4, 0.5) is 0 Å². The summed E-state index contributed by atoms with van der Waals surface area (Å²) in [6.45, 7) is 4.74. The summed E-state index contributed by atoms with van der Waals surface area (Å²) in [7, 11) is 5.91. The molecule has 9 nitrogen and oxygen atoms in total. The van der Waals surface area contributed by atoms with Gasteiger partial charge in [-0.05, 0) is 38.5 Å². The Labute approximate surface area is 332 Å². The predicted octanol–water partition coefficient (Wildman–Crippen LogP) is 10.2. The molecule has 0 bridgehead atoms. The van der Waals surface area contributed by atoms with E-state index in [4.69, 9.17) is 18.9 Å². The highest BCUT2D eigenvalue weighted by Crippen LogP contribution is 2.15. The molecule has 0 amide bonds. The third-order valence-electron chi connectivity index (χ3n) is 9.76. The first-order valence-electron chi connectivity index (χ1n) is 22.3. The van der Waals surface area contributed by atoms with E-state index in [1.54, 1.807) is 0 Å². The van der Waals surface area contributed by atoms with E-state index in [0.717, 1.165) is 51.4 Å². The number of hydrogen-bond acceptors (Lipinski definition) is 8. The highest BCUT2D eigenvalue weighted by atomic mass is 16.7. The molecule has 0 radical (unpaired) electrons. The normalized spacial score (nSPS) is 13.0. The number of carboxylic acid groups (broad SMARTS) is 1. The largest absolute Gasteiger partial charge is 0.545 e. The van der Waals surface area contributed by atoms with Crippen LogP contribution in [0.15, 0.2) is 12.2 Å². The monoisotopic (exact) mass is 768 g/mol. The average Bonchev–Trinajstić information content (AvgIpc) is 3.12. The SMILES string of the molecule is CCCCCCCC/C=C\CCCCCCCC(=O)OC(COC(=O)CCCCCCCCCCCCCCCC)COC(OCC[N+](C)(C)C)C(=O)[O-]. The summed E-state index contributed by atoms with van der Waals surface area (Å²) in [5.41, 5.74) is 0. The van der Waals surface area contributed by atoms with Crippen LogP contribution in [0.25, 0.3) is 0 Å². The molecule has 0 saturated carbocycles. The molecule has 2 unspecified atom stereocenters. The molecule has 0 N–H and O–H groups in total. The number of allylic oxidation sites excluding steroid dienone is 2. The van der Waals surface area contributed by atoms with Crippen molar-refractivity contribution in [2.45, 2.75) is 212 Å². The summed E-state index contributed by atoms with van der Waals surface area (Å²) >= 11 is 0. The van der Waals surface area contributed by atoms with E-state index in [0.29, 0.717) is 23.9 Å². The minimum atomic E-state index is -1.62. The number of carbonyl (C=O) groups is 3. The van der Waals surface area contributed by atoms with Gasteiger partial charge in [-0.2, -0.15) is 0 Å². The van der Waals surface area contributed by atoms with Crippen molar-refractivity contribution in [1.29, 1.82) is 0 Å². The van der Waals surface area contributed by atoms with Crippen LogP contribution in [-0.4, -0.2) is 82.3 Å². The number of esters is 2. The second kappa shape index (κ2) is 37.9. The number of hydrogen-bond donors (Lipinski definition) is 0. The van der Waals surface area contributed by atoms with Gasteiger partial charge in [0.15, 0.2) is 12.4 Å². The van der Waals surface area contributed by atoms with Gasteiger partial charge in [0.25, 0.3) is 0 Å². The Bertz CT molecular complexity index is 903. The number of rotatable bonds is 41. The molecule has 0 aromatic rings. The molecule has 0 rings (SSSR count). The smallest absolute Gasteiger partial charge is 0.306 e. The Morgan fingerprint density at radius 3 is 1.37 bits per heavy atom. The van der Waals surface area contributed by atoms with Gasteiger partial charge in [0, 0.05) is 12.8 Å². The van der Waals surface area contributed by atoms with Crippen molar-refractivity contribution >= 4 is 17.9 Å². The van der Waals surface area contributed by atoms with Crippen molar-refractivity contribution < 1.29 is 42.9 Å². The zero-order valence-corrected chi connectivity index (χ0v) is 35.9. The zero-order valence-electron chi connectivity index (χ0n) is 35.9. The Morgan fingerprint density at radius 1 is 0.537 bits per heavy atom. The maximum atomic E-state index is 12.7. The summed E-state index contributed by atoms with van der Waals surface area (Å²) in [5, 5.41) is 11.7. The minimum absolute atomic E-state index is 0.149. The van der Waals surface area contributed by atoms with E-state index >= 15 is 0 Å². The summed E-state index contributed by atoms with van der Waals surface area (Å²) < 4.78 is 22.5. The van der Waals surface area contributed by atoms with Crippen molar-refractivity contribution in [1.82, 2.24) is 0 Å². The van der Waals surface area contributed by atoms with Crippen LogP contribution >= 0.6 is 0 Å². The second-order valence-electron chi connectivity index (χ2n) is 16.3. The third kappa shape index (κ3) is 38.3. The molecule has 9 heteroatoms. The van der Waals surface area contributed by atoms with Crippen LogP contribution in [0.5, 0.6) is 0 Å². The van der Waals surface area contributed by atoms with Crippen LogP contribution in [0.3, 0.4) is 0 Å². The summed E-state index contributed by atoms with van der Waals surface area (Å²) in [5.74, 6) is -2.28. The second-order valence-corrected chi connectivity index (χ2v) is 16.3. The van der Waals surface area contributed by atoms with Crippen LogP contribution in [0.1, 0.15) is 200 Å². The molecule has 54 heavy (non-hydrogen) atoms. The van der Waals surface area contributed by atoms with Gasteiger partial charge in [-0.15, -0.1) is 0 Å². The fourth-order valence-electron chi connectivity index (χ4n) is 6.24. The molecular weight excluding hydrogens is 682 g/mol. The molecule has 0 aliphatic heterocycles.